The summed E-state index contributed by atoms with van der Waals surface area (Å²) < 4.78 is 10.7. The summed E-state index contributed by atoms with van der Waals surface area (Å²) in [5, 5.41) is 6.76. The van der Waals surface area contributed by atoms with E-state index < -0.39 is 0 Å². The van der Waals surface area contributed by atoms with Crippen molar-refractivity contribution in [1.29, 1.82) is 0 Å². The van der Waals surface area contributed by atoms with E-state index in [9.17, 15) is 4.79 Å². The van der Waals surface area contributed by atoms with Crippen LogP contribution in [0.5, 0.6) is 0 Å². The fourth-order valence-electron chi connectivity index (χ4n) is 2.28. The highest BCUT2D eigenvalue weighted by molar-refractivity contribution is 7.97. The van der Waals surface area contributed by atoms with Crippen molar-refractivity contribution in [1.82, 2.24) is 15.5 Å². The SMILES string of the molecule is CSCc1ccc(C(=O)NCCc2noc(C3CCC3)n2)o1. The minimum Gasteiger partial charge on any atom is -0.455 e. The number of rotatable bonds is 7. The first-order valence-electron chi connectivity index (χ1n) is 7.44. The third-order valence-corrected chi connectivity index (χ3v) is 4.32. The lowest BCUT2D eigenvalue weighted by Gasteiger charge is -2.20. The van der Waals surface area contributed by atoms with Crippen LogP contribution in [0.2, 0.25) is 0 Å². The summed E-state index contributed by atoms with van der Waals surface area (Å²) >= 11 is 1.65. The largest absolute Gasteiger partial charge is 0.455 e. The van der Waals surface area contributed by atoms with Crippen LogP contribution in [0.3, 0.4) is 0 Å². The van der Waals surface area contributed by atoms with Crippen molar-refractivity contribution in [3.63, 3.8) is 0 Å². The van der Waals surface area contributed by atoms with Crippen molar-refractivity contribution in [2.45, 2.75) is 37.4 Å². The number of amides is 1. The Morgan fingerprint density at radius 1 is 1.45 bits per heavy atom. The van der Waals surface area contributed by atoms with E-state index in [1.165, 1.54) is 6.42 Å². The molecule has 7 heteroatoms. The lowest BCUT2D eigenvalue weighted by atomic mass is 9.85. The first-order chi connectivity index (χ1) is 10.8. The number of hydrogen-bond acceptors (Lipinski definition) is 6. The molecule has 2 heterocycles. The summed E-state index contributed by atoms with van der Waals surface area (Å²) in [6.45, 7) is 0.459. The topological polar surface area (TPSA) is 81.2 Å². The van der Waals surface area contributed by atoms with Gasteiger partial charge in [0.05, 0.1) is 5.75 Å². The maximum absolute atomic E-state index is 11.9. The molecule has 0 unspecified atom stereocenters. The Morgan fingerprint density at radius 3 is 3.05 bits per heavy atom. The Bertz CT molecular complexity index is 634. The zero-order chi connectivity index (χ0) is 15.4. The molecule has 0 spiro atoms. The Hall–Kier alpha value is -1.76. The Morgan fingerprint density at radius 2 is 2.32 bits per heavy atom. The van der Waals surface area contributed by atoms with E-state index >= 15 is 0 Å². The molecule has 0 aliphatic heterocycles. The molecule has 2 aromatic rings. The maximum atomic E-state index is 11.9. The summed E-state index contributed by atoms with van der Waals surface area (Å²) in [5.74, 6) is 3.52. The van der Waals surface area contributed by atoms with E-state index in [2.05, 4.69) is 15.5 Å². The molecule has 1 N–H and O–H groups in total. The summed E-state index contributed by atoms with van der Waals surface area (Å²) in [7, 11) is 0. The van der Waals surface area contributed by atoms with Crippen LogP contribution in [0.25, 0.3) is 0 Å². The fraction of sp³-hybridized carbons (Fsp3) is 0.533. The summed E-state index contributed by atoms with van der Waals surface area (Å²) in [4.78, 5) is 16.3. The molecule has 1 amide bonds. The number of nitrogens with one attached hydrogen (secondary N) is 1. The van der Waals surface area contributed by atoms with Gasteiger partial charge in [-0.25, -0.2) is 0 Å². The van der Waals surface area contributed by atoms with Crippen molar-refractivity contribution in [2.75, 3.05) is 12.8 Å². The van der Waals surface area contributed by atoms with E-state index in [1.54, 1.807) is 17.8 Å². The van der Waals surface area contributed by atoms with E-state index in [-0.39, 0.29) is 5.91 Å². The van der Waals surface area contributed by atoms with Crippen LogP contribution in [0.15, 0.2) is 21.1 Å². The lowest BCUT2D eigenvalue weighted by molar-refractivity contribution is 0.0925. The van der Waals surface area contributed by atoms with Gasteiger partial charge in [0.15, 0.2) is 11.6 Å². The fourth-order valence-corrected chi connectivity index (χ4v) is 2.72. The summed E-state index contributed by atoms with van der Waals surface area (Å²) in [6, 6.07) is 3.53. The molecule has 1 fully saturated rings. The second kappa shape index (κ2) is 7.00. The number of hydrogen-bond donors (Lipinski definition) is 1. The van der Waals surface area contributed by atoms with Gasteiger partial charge in [0, 0.05) is 18.9 Å². The van der Waals surface area contributed by atoms with Gasteiger partial charge < -0.3 is 14.3 Å². The van der Waals surface area contributed by atoms with E-state index in [4.69, 9.17) is 8.94 Å². The Balaban J connectivity index is 1.45. The molecular weight excluding hydrogens is 302 g/mol. The van der Waals surface area contributed by atoms with Gasteiger partial charge >= 0.3 is 0 Å². The molecule has 0 bridgehead atoms. The van der Waals surface area contributed by atoms with Gasteiger partial charge in [-0.3, -0.25) is 4.79 Å². The Kier molecular flexibility index (Phi) is 4.82. The van der Waals surface area contributed by atoms with Crippen LogP contribution in [-0.4, -0.2) is 28.8 Å². The molecule has 1 aliphatic rings. The third-order valence-electron chi connectivity index (χ3n) is 3.74. The van der Waals surface area contributed by atoms with Gasteiger partial charge in [0.25, 0.3) is 5.91 Å². The van der Waals surface area contributed by atoms with E-state index in [0.29, 0.717) is 30.5 Å². The zero-order valence-corrected chi connectivity index (χ0v) is 13.3. The third kappa shape index (κ3) is 3.52. The van der Waals surface area contributed by atoms with Gasteiger partial charge in [-0.05, 0) is 31.2 Å². The summed E-state index contributed by atoms with van der Waals surface area (Å²) in [6.07, 6.45) is 6.05. The number of furan rings is 1. The maximum Gasteiger partial charge on any atom is 0.287 e. The molecule has 0 aromatic carbocycles. The van der Waals surface area contributed by atoms with Gasteiger partial charge in [-0.1, -0.05) is 11.6 Å². The van der Waals surface area contributed by atoms with Crippen molar-refractivity contribution < 1.29 is 13.7 Å². The molecule has 2 aromatic heterocycles. The zero-order valence-electron chi connectivity index (χ0n) is 12.5. The number of nitrogens with zero attached hydrogens (tertiary/aromatic N) is 2. The first kappa shape index (κ1) is 15.1. The van der Waals surface area contributed by atoms with Crippen LogP contribution >= 0.6 is 11.8 Å². The minimum absolute atomic E-state index is 0.213. The van der Waals surface area contributed by atoms with Crippen LogP contribution in [-0.2, 0) is 12.2 Å². The summed E-state index contributed by atoms with van der Waals surface area (Å²) in [5.41, 5.74) is 0. The number of thioether (sulfide) groups is 1. The molecular formula is C15H19N3O3S. The molecule has 6 nitrogen and oxygen atoms in total. The second-order valence-corrected chi connectivity index (χ2v) is 6.25. The van der Waals surface area contributed by atoms with Gasteiger partial charge in [-0.15, -0.1) is 0 Å². The molecule has 0 atom stereocenters. The van der Waals surface area contributed by atoms with Gasteiger partial charge in [0.2, 0.25) is 5.89 Å². The first-order valence-corrected chi connectivity index (χ1v) is 8.84. The predicted octanol–water partition coefficient (Wildman–Crippen LogP) is 2.77. The van der Waals surface area contributed by atoms with Crippen LogP contribution in [0.4, 0.5) is 0 Å². The monoisotopic (exact) mass is 321 g/mol. The van der Waals surface area contributed by atoms with Crippen molar-refractivity contribution in [2.24, 2.45) is 0 Å². The van der Waals surface area contributed by atoms with Crippen LogP contribution in [0.1, 0.15) is 53.2 Å². The normalized spacial score (nSPS) is 14.8. The molecule has 1 saturated carbocycles. The van der Waals surface area contributed by atoms with Gasteiger partial charge in [0.1, 0.15) is 5.76 Å². The molecule has 118 valence electrons. The minimum atomic E-state index is -0.213. The number of carbonyl (C=O) groups is 1. The van der Waals surface area contributed by atoms with Crippen molar-refractivity contribution in [3.8, 4) is 0 Å². The molecule has 22 heavy (non-hydrogen) atoms. The molecule has 0 saturated heterocycles. The standard InChI is InChI=1S/C15H19N3O3S/c1-22-9-11-5-6-12(20-11)14(19)16-8-7-13-17-15(21-18-13)10-3-2-4-10/h5-6,10H,2-4,7-9H2,1H3,(H,16,19). The highest BCUT2D eigenvalue weighted by Crippen LogP contribution is 2.35. The molecule has 0 radical (unpaired) electrons. The van der Waals surface area contributed by atoms with E-state index in [1.807, 2.05) is 12.3 Å². The lowest BCUT2D eigenvalue weighted by Crippen LogP contribution is -2.25. The molecule has 3 rings (SSSR count). The Labute approximate surface area is 133 Å². The number of carbonyl (C=O) groups excluding carboxylic acids is 1. The van der Waals surface area contributed by atoms with Gasteiger partial charge in [-0.2, -0.15) is 16.7 Å². The quantitative estimate of drug-likeness (QED) is 0.844. The number of aromatic nitrogens is 2. The molecule has 1 aliphatic carbocycles. The van der Waals surface area contributed by atoms with Crippen molar-refractivity contribution in [3.05, 3.63) is 35.4 Å². The van der Waals surface area contributed by atoms with Crippen LogP contribution < -0.4 is 5.32 Å². The average molecular weight is 321 g/mol. The highest BCUT2D eigenvalue weighted by atomic mass is 32.2. The average Bonchev–Trinajstić information content (AvgIpc) is 3.07. The smallest absolute Gasteiger partial charge is 0.287 e. The van der Waals surface area contributed by atoms with Crippen LogP contribution in [0, 0.1) is 0 Å². The highest BCUT2D eigenvalue weighted by Gasteiger charge is 2.25. The predicted molar refractivity (Wildman–Crippen MR) is 82.9 cm³/mol. The second-order valence-electron chi connectivity index (χ2n) is 5.38. The van der Waals surface area contributed by atoms with E-state index in [0.717, 1.165) is 30.2 Å². The van der Waals surface area contributed by atoms with Crippen molar-refractivity contribution >= 4 is 17.7 Å².